The number of nitriles is 1. The maximum absolute atomic E-state index is 11.6. The van der Waals surface area contributed by atoms with Crippen molar-refractivity contribution in [3.05, 3.63) is 29.1 Å². The predicted molar refractivity (Wildman–Crippen MR) is 92.7 cm³/mol. The van der Waals surface area contributed by atoms with Crippen LogP contribution in [-0.2, 0) is 16.1 Å². The number of ether oxygens (including phenoxy) is 1. The number of hydrogen-bond donors (Lipinski definition) is 0. The van der Waals surface area contributed by atoms with E-state index in [4.69, 9.17) is 10.00 Å². The number of esters is 1. The molecule has 2 aliphatic rings. The third-order valence-electron chi connectivity index (χ3n) is 5.41. The van der Waals surface area contributed by atoms with Crippen molar-refractivity contribution in [3.63, 3.8) is 0 Å². The molecule has 3 heterocycles. The van der Waals surface area contributed by atoms with Crippen molar-refractivity contribution in [2.75, 3.05) is 20.2 Å². The van der Waals surface area contributed by atoms with Crippen molar-refractivity contribution >= 4 is 12.7 Å². The number of carbonyl (C=O) groups excluding carboxylic acids is 1. The zero-order valence-electron chi connectivity index (χ0n) is 14.5. The molecule has 0 amide bonds. The molecule has 5 nitrogen and oxygen atoms in total. The van der Waals surface area contributed by atoms with Gasteiger partial charge in [0.05, 0.1) is 13.0 Å². The number of nitrogens with zero attached hydrogens (tertiary/aromatic N) is 3. The van der Waals surface area contributed by atoms with Gasteiger partial charge in [-0.05, 0) is 49.9 Å². The third kappa shape index (κ3) is 3.62. The van der Waals surface area contributed by atoms with Gasteiger partial charge < -0.3 is 4.74 Å². The Balaban J connectivity index is 1.54. The van der Waals surface area contributed by atoms with Crippen LogP contribution in [0.5, 0.6) is 0 Å². The van der Waals surface area contributed by atoms with E-state index >= 15 is 0 Å². The average molecular weight is 325 g/mol. The van der Waals surface area contributed by atoms with E-state index in [0.29, 0.717) is 5.92 Å². The monoisotopic (exact) mass is 325 g/mol. The lowest BCUT2D eigenvalue weighted by molar-refractivity contribution is -0.147. The van der Waals surface area contributed by atoms with E-state index in [-0.39, 0.29) is 18.6 Å². The molecule has 0 unspecified atom stereocenters. The Morgan fingerprint density at radius 3 is 2.75 bits per heavy atom. The van der Waals surface area contributed by atoms with Crippen molar-refractivity contribution in [2.45, 2.75) is 44.9 Å². The summed E-state index contributed by atoms with van der Waals surface area (Å²) in [7, 11) is 1.46. The molecule has 0 aliphatic carbocycles. The van der Waals surface area contributed by atoms with Crippen molar-refractivity contribution in [1.82, 2.24) is 9.88 Å². The van der Waals surface area contributed by atoms with Gasteiger partial charge in [-0.3, -0.25) is 14.7 Å². The average Bonchev–Trinajstić information content (AvgIpc) is 2.55. The molecule has 0 radical (unpaired) electrons. The van der Waals surface area contributed by atoms with Crippen molar-refractivity contribution in [1.29, 1.82) is 5.26 Å². The van der Waals surface area contributed by atoms with Gasteiger partial charge in [-0.2, -0.15) is 0 Å². The molecule has 0 bridgehead atoms. The summed E-state index contributed by atoms with van der Waals surface area (Å²) in [5.41, 5.74) is 3.62. The van der Waals surface area contributed by atoms with E-state index < -0.39 is 0 Å². The lowest BCUT2D eigenvalue weighted by Crippen LogP contribution is -2.36. The Morgan fingerprint density at radius 1 is 1.46 bits per heavy atom. The third-order valence-corrected chi connectivity index (χ3v) is 5.41. The van der Waals surface area contributed by atoms with Gasteiger partial charge in [-0.25, -0.2) is 5.26 Å². The second-order valence-corrected chi connectivity index (χ2v) is 7.11. The van der Waals surface area contributed by atoms with E-state index in [0.717, 1.165) is 50.8 Å². The fraction of sp³-hybridized carbons (Fsp3) is 0.611. The highest BCUT2D eigenvalue weighted by Crippen LogP contribution is 2.38. The first kappa shape index (κ1) is 17.0. The lowest BCUT2D eigenvalue weighted by atomic mass is 9.32. The minimum Gasteiger partial charge on any atom is -0.469 e. The molecule has 2 saturated heterocycles. The van der Waals surface area contributed by atoms with Gasteiger partial charge in [0.25, 0.3) is 6.71 Å². The second-order valence-electron chi connectivity index (χ2n) is 7.11. The quantitative estimate of drug-likeness (QED) is 0.628. The molecule has 126 valence electrons. The Labute approximate surface area is 144 Å². The molecule has 0 saturated carbocycles. The van der Waals surface area contributed by atoms with Gasteiger partial charge in [0, 0.05) is 24.4 Å². The number of likely N-dealkylation sites (tertiary alicyclic amines) is 1. The summed E-state index contributed by atoms with van der Waals surface area (Å²) in [6.07, 6.45) is 5.62. The van der Waals surface area contributed by atoms with Crippen LogP contribution in [0.15, 0.2) is 12.3 Å². The summed E-state index contributed by atoms with van der Waals surface area (Å²) in [6.45, 7) is 5.06. The Bertz CT molecular complexity index is 644. The van der Waals surface area contributed by atoms with Crippen LogP contribution in [0.1, 0.15) is 35.6 Å². The van der Waals surface area contributed by atoms with Crippen LogP contribution in [0.3, 0.4) is 0 Å². The molecule has 0 N–H and O–H groups in total. The van der Waals surface area contributed by atoms with E-state index in [1.54, 1.807) is 0 Å². The van der Waals surface area contributed by atoms with E-state index in [9.17, 15) is 4.79 Å². The van der Waals surface area contributed by atoms with Crippen LogP contribution in [0.4, 0.5) is 0 Å². The first-order valence-corrected chi connectivity index (χ1v) is 8.76. The number of rotatable bonds is 4. The summed E-state index contributed by atoms with van der Waals surface area (Å²) < 4.78 is 4.84. The minimum atomic E-state index is -0.0762. The molecule has 3 rings (SSSR count). The topological polar surface area (TPSA) is 66.2 Å². The van der Waals surface area contributed by atoms with Gasteiger partial charge >= 0.3 is 5.97 Å². The maximum Gasteiger partial charge on any atom is 0.308 e. The fourth-order valence-electron chi connectivity index (χ4n) is 3.86. The van der Waals surface area contributed by atoms with Crippen LogP contribution in [0.2, 0.25) is 12.6 Å². The van der Waals surface area contributed by atoms with E-state index in [2.05, 4.69) is 28.8 Å². The van der Waals surface area contributed by atoms with Crippen molar-refractivity contribution in [2.24, 2.45) is 5.92 Å². The van der Waals surface area contributed by atoms with Crippen molar-refractivity contribution in [3.8, 4) is 5.97 Å². The fourth-order valence-corrected chi connectivity index (χ4v) is 3.86. The summed E-state index contributed by atoms with van der Waals surface area (Å²) in [6, 6.07) is 2.23. The molecule has 1 aromatic rings. The van der Waals surface area contributed by atoms with Gasteiger partial charge in [-0.1, -0.05) is 18.7 Å². The largest absolute Gasteiger partial charge is 0.469 e. The highest BCUT2D eigenvalue weighted by molar-refractivity contribution is 6.70. The molecule has 0 spiro atoms. The molecule has 0 aromatic carbocycles. The lowest BCUT2D eigenvalue weighted by Gasteiger charge is -2.31. The SMILES string of the molecule is COC(=O)C1CCN(Cc2cnc(C3CB(C#N)C3)c(C)c2)CC1. The van der Waals surface area contributed by atoms with Crippen LogP contribution in [0.25, 0.3) is 0 Å². The maximum atomic E-state index is 11.6. The number of aromatic nitrogens is 1. The first-order chi connectivity index (χ1) is 11.6. The Kier molecular flexibility index (Phi) is 5.20. The number of pyridine rings is 1. The van der Waals surface area contributed by atoms with Crippen molar-refractivity contribution < 1.29 is 9.53 Å². The molecule has 2 fully saturated rings. The highest BCUT2D eigenvalue weighted by Gasteiger charge is 2.35. The Hall–Kier alpha value is -1.87. The molecule has 24 heavy (non-hydrogen) atoms. The van der Waals surface area contributed by atoms with Gasteiger partial charge in [0.15, 0.2) is 0 Å². The van der Waals surface area contributed by atoms with Gasteiger partial charge in [-0.15, -0.1) is 0 Å². The molecule has 0 atom stereocenters. The minimum absolute atomic E-state index is 0.0557. The first-order valence-electron chi connectivity index (χ1n) is 8.76. The molecule has 2 aliphatic heterocycles. The van der Waals surface area contributed by atoms with Gasteiger partial charge in [0.2, 0.25) is 0 Å². The summed E-state index contributed by atoms with van der Waals surface area (Å²) in [4.78, 5) is 18.6. The summed E-state index contributed by atoms with van der Waals surface area (Å²) in [5.74, 6) is 2.77. The summed E-state index contributed by atoms with van der Waals surface area (Å²) in [5, 5.41) is 8.91. The van der Waals surface area contributed by atoms with Gasteiger partial charge in [0.1, 0.15) is 0 Å². The zero-order valence-corrected chi connectivity index (χ0v) is 14.5. The second kappa shape index (κ2) is 7.35. The number of carbonyl (C=O) groups is 1. The molecule has 1 aromatic heterocycles. The number of hydrogen-bond acceptors (Lipinski definition) is 5. The molecular formula is C18H24BN3O2. The van der Waals surface area contributed by atoms with Crippen LogP contribution in [-0.4, -0.2) is 42.8 Å². The number of piperidine rings is 1. The van der Waals surface area contributed by atoms with Crippen LogP contribution < -0.4 is 0 Å². The summed E-state index contributed by atoms with van der Waals surface area (Å²) >= 11 is 0. The Morgan fingerprint density at radius 2 is 2.17 bits per heavy atom. The zero-order chi connectivity index (χ0) is 17.1. The van der Waals surface area contributed by atoms with Crippen LogP contribution >= 0.6 is 0 Å². The molecular weight excluding hydrogens is 301 g/mol. The molecule has 6 heteroatoms. The van der Waals surface area contributed by atoms with Crippen LogP contribution in [0, 0.1) is 24.1 Å². The number of aryl methyl sites for hydroxylation is 1. The normalized spacial score (nSPS) is 19.6. The van der Waals surface area contributed by atoms with E-state index in [1.807, 2.05) is 6.20 Å². The smallest absolute Gasteiger partial charge is 0.308 e. The van der Waals surface area contributed by atoms with E-state index in [1.165, 1.54) is 18.2 Å². The number of methoxy groups -OCH3 is 1. The predicted octanol–water partition coefficient (Wildman–Crippen LogP) is 2.43. The highest BCUT2D eigenvalue weighted by atomic mass is 16.5. The standard InChI is InChI=1S/C18H24BN3O2/c1-13-7-14(10-21-17(13)16-8-19(9-16)12-20)11-22-5-3-15(4-6-22)18(23)24-2/h7,10,15-16H,3-6,8-9,11H2,1-2H3.